The van der Waals surface area contributed by atoms with Gasteiger partial charge in [0.05, 0.1) is 18.5 Å². The number of benzene rings is 2. The van der Waals surface area contributed by atoms with Crippen molar-refractivity contribution in [3.63, 3.8) is 0 Å². The number of aromatic amines is 1. The van der Waals surface area contributed by atoms with E-state index in [0.29, 0.717) is 22.7 Å². The standard InChI is InChI=1S/C22H21FN6S/c1-14-7-9-17(10-8-14)13-28-16(3)20(15(2)27-28)12-24-29-21(25-26-22(29)30)18-5-4-6-19(23)11-18/h4-12H,13H2,1-3H3,(H,26,30). The van der Waals surface area contributed by atoms with Crippen molar-refractivity contribution in [2.45, 2.75) is 27.3 Å². The molecule has 0 fully saturated rings. The van der Waals surface area contributed by atoms with Crippen LogP contribution < -0.4 is 0 Å². The molecule has 152 valence electrons. The Bertz CT molecular complexity index is 1280. The third-order valence-corrected chi connectivity index (χ3v) is 5.19. The summed E-state index contributed by atoms with van der Waals surface area (Å²) in [5.41, 5.74) is 5.77. The first kappa shape index (κ1) is 19.9. The van der Waals surface area contributed by atoms with Crippen LogP contribution in [0, 0.1) is 31.4 Å². The van der Waals surface area contributed by atoms with Crippen LogP contribution in [0.25, 0.3) is 11.4 Å². The summed E-state index contributed by atoms with van der Waals surface area (Å²) < 4.78 is 17.4. The van der Waals surface area contributed by atoms with Gasteiger partial charge in [0.2, 0.25) is 4.77 Å². The third kappa shape index (κ3) is 3.99. The molecule has 2 heterocycles. The van der Waals surface area contributed by atoms with Crippen LogP contribution in [0.1, 0.15) is 28.1 Å². The van der Waals surface area contributed by atoms with Gasteiger partial charge in [-0.05, 0) is 50.7 Å². The van der Waals surface area contributed by atoms with Crippen LogP contribution >= 0.6 is 12.2 Å². The molecule has 0 radical (unpaired) electrons. The molecule has 0 amide bonds. The molecule has 30 heavy (non-hydrogen) atoms. The van der Waals surface area contributed by atoms with Crippen LogP contribution in [0.5, 0.6) is 0 Å². The van der Waals surface area contributed by atoms with E-state index in [1.54, 1.807) is 18.3 Å². The van der Waals surface area contributed by atoms with Gasteiger partial charge < -0.3 is 0 Å². The van der Waals surface area contributed by atoms with Crippen molar-refractivity contribution in [3.05, 3.63) is 87.2 Å². The van der Waals surface area contributed by atoms with E-state index < -0.39 is 0 Å². The molecule has 2 aromatic carbocycles. The minimum absolute atomic E-state index is 0.327. The van der Waals surface area contributed by atoms with Crippen molar-refractivity contribution >= 4 is 18.4 Å². The Morgan fingerprint density at radius 3 is 2.63 bits per heavy atom. The highest BCUT2D eigenvalue weighted by atomic mass is 32.1. The van der Waals surface area contributed by atoms with Gasteiger partial charge in [-0.2, -0.15) is 20.0 Å². The minimum Gasteiger partial charge on any atom is -0.265 e. The Morgan fingerprint density at radius 2 is 1.90 bits per heavy atom. The molecule has 6 nitrogen and oxygen atoms in total. The maximum absolute atomic E-state index is 13.6. The van der Waals surface area contributed by atoms with Crippen molar-refractivity contribution in [2.75, 3.05) is 0 Å². The first-order chi connectivity index (χ1) is 14.4. The van der Waals surface area contributed by atoms with Crippen molar-refractivity contribution < 1.29 is 4.39 Å². The molecule has 8 heteroatoms. The quantitative estimate of drug-likeness (QED) is 0.373. The number of rotatable bonds is 5. The molecular formula is C22H21FN6S. The second-order valence-corrected chi connectivity index (χ2v) is 7.53. The monoisotopic (exact) mass is 420 g/mol. The van der Waals surface area contributed by atoms with E-state index in [2.05, 4.69) is 51.6 Å². The highest BCUT2D eigenvalue weighted by Crippen LogP contribution is 2.19. The number of halogens is 1. The van der Waals surface area contributed by atoms with Gasteiger partial charge in [0.25, 0.3) is 0 Å². The minimum atomic E-state index is -0.346. The fourth-order valence-electron chi connectivity index (χ4n) is 3.25. The molecule has 0 unspecified atom stereocenters. The van der Waals surface area contributed by atoms with Gasteiger partial charge in [-0.25, -0.2) is 9.49 Å². The van der Waals surface area contributed by atoms with Crippen molar-refractivity contribution in [1.29, 1.82) is 0 Å². The zero-order valence-corrected chi connectivity index (χ0v) is 17.7. The zero-order chi connectivity index (χ0) is 21.3. The Balaban J connectivity index is 1.66. The average Bonchev–Trinajstić information content (AvgIpc) is 3.21. The van der Waals surface area contributed by atoms with Gasteiger partial charge in [-0.3, -0.25) is 4.68 Å². The van der Waals surface area contributed by atoms with Crippen LogP contribution in [0.4, 0.5) is 4.39 Å². The number of nitrogens with one attached hydrogen (secondary N) is 1. The number of hydrogen-bond donors (Lipinski definition) is 1. The van der Waals surface area contributed by atoms with E-state index >= 15 is 0 Å². The third-order valence-electron chi connectivity index (χ3n) is 4.93. The van der Waals surface area contributed by atoms with E-state index in [-0.39, 0.29) is 5.82 Å². The lowest BCUT2D eigenvalue weighted by Crippen LogP contribution is -2.04. The first-order valence-electron chi connectivity index (χ1n) is 9.49. The lowest BCUT2D eigenvalue weighted by Gasteiger charge is -2.05. The Morgan fingerprint density at radius 1 is 1.13 bits per heavy atom. The van der Waals surface area contributed by atoms with E-state index in [1.807, 2.05) is 18.5 Å². The molecule has 0 bridgehead atoms. The van der Waals surface area contributed by atoms with Crippen LogP contribution in [0.2, 0.25) is 0 Å². The summed E-state index contributed by atoms with van der Waals surface area (Å²) in [6.45, 7) is 6.71. The Kier molecular flexibility index (Phi) is 5.41. The van der Waals surface area contributed by atoms with Gasteiger partial charge in [0.15, 0.2) is 5.82 Å². The van der Waals surface area contributed by atoms with Gasteiger partial charge >= 0.3 is 0 Å². The molecule has 0 saturated carbocycles. The molecule has 0 saturated heterocycles. The number of nitrogens with zero attached hydrogens (tertiary/aromatic N) is 5. The van der Waals surface area contributed by atoms with Crippen molar-refractivity contribution in [2.24, 2.45) is 5.10 Å². The molecule has 0 atom stereocenters. The summed E-state index contributed by atoms with van der Waals surface area (Å²) in [6.07, 6.45) is 1.72. The van der Waals surface area contributed by atoms with E-state index in [4.69, 9.17) is 12.2 Å². The topological polar surface area (TPSA) is 63.8 Å². The van der Waals surface area contributed by atoms with E-state index in [0.717, 1.165) is 17.0 Å². The Labute approximate surface area is 178 Å². The number of aromatic nitrogens is 5. The van der Waals surface area contributed by atoms with Crippen molar-refractivity contribution in [1.82, 2.24) is 24.7 Å². The van der Waals surface area contributed by atoms with Crippen LogP contribution in [0.15, 0.2) is 53.6 Å². The maximum atomic E-state index is 13.6. The Hall–Kier alpha value is -3.39. The molecule has 0 aliphatic heterocycles. The fourth-order valence-corrected chi connectivity index (χ4v) is 3.43. The number of aryl methyl sites for hydroxylation is 2. The summed E-state index contributed by atoms with van der Waals surface area (Å²) in [4.78, 5) is 0. The zero-order valence-electron chi connectivity index (χ0n) is 16.9. The largest absolute Gasteiger partial charge is 0.265 e. The highest BCUT2D eigenvalue weighted by Gasteiger charge is 2.12. The number of hydrogen-bond acceptors (Lipinski definition) is 4. The normalized spacial score (nSPS) is 11.5. The second-order valence-electron chi connectivity index (χ2n) is 7.15. The predicted octanol–water partition coefficient (Wildman–Crippen LogP) is 4.80. The molecule has 4 aromatic rings. The molecule has 4 rings (SSSR count). The second kappa shape index (κ2) is 8.16. The average molecular weight is 421 g/mol. The number of H-pyrrole nitrogens is 1. The summed E-state index contributed by atoms with van der Waals surface area (Å²) in [6, 6.07) is 14.6. The fraction of sp³-hybridized carbons (Fsp3) is 0.182. The molecule has 0 aliphatic rings. The first-order valence-corrected chi connectivity index (χ1v) is 9.90. The van der Waals surface area contributed by atoms with Gasteiger partial charge in [-0.15, -0.1) is 0 Å². The molecular weight excluding hydrogens is 399 g/mol. The lowest BCUT2D eigenvalue weighted by molar-refractivity contribution is 0.628. The summed E-state index contributed by atoms with van der Waals surface area (Å²) in [7, 11) is 0. The maximum Gasteiger partial charge on any atom is 0.216 e. The predicted molar refractivity (Wildman–Crippen MR) is 118 cm³/mol. The van der Waals surface area contributed by atoms with Crippen LogP contribution in [-0.2, 0) is 6.54 Å². The van der Waals surface area contributed by atoms with Crippen molar-refractivity contribution in [3.8, 4) is 11.4 Å². The molecule has 0 spiro atoms. The van der Waals surface area contributed by atoms with Gasteiger partial charge in [0, 0.05) is 16.8 Å². The lowest BCUT2D eigenvalue weighted by atomic mass is 10.1. The van der Waals surface area contributed by atoms with E-state index in [9.17, 15) is 4.39 Å². The summed E-state index contributed by atoms with van der Waals surface area (Å²) >= 11 is 5.31. The van der Waals surface area contributed by atoms with E-state index in [1.165, 1.54) is 27.9 Å². The van der Waals surface area contributed by atoms with Gasteiger partial charge in [0.1, 0.15) is 5.82 Å². The van der Waals surface area contributed by atoms with Gasteiger partial charge in [-0.1, -0.05) is 42.0 Å². The van der Waals surface area contributed by atoms with Crippen LogP contribution in [0.3, 0.4) is 0 Å². The summed E-state index contributed by atoms with van der Waals surface area (Å²) in [5, 5.41) is 16.1. The molecule has 2 aromatic heterocycles. The molecule has 0 aliphatic carbocycles. The van der Waals surface area contributed by atoms with Crippen LogP contribution in [-0.4, -0.2) is 30.9 Å². The smallest absolute Gasteiger partial charge is 0.216 e. The SMILES string of the molecule is Cc1ccc(Cn2nc(C)c(C=Nn3c(-c4cccc(F)c4)n[nH]c3=S)c2C)cc1. The summed E-state index contributed by atoms with van der Waals surface area (Å²) in [5.74, 6) is 0.0964. The highest BCUT2D eigenvalue weighted by molar-refractivity contribution is 7.71. The molecule has 1 N–H and O–H groups in total.